The number of hydrogen-bond acceptors (Lipinski definition) is 8. The highest BCUT2D eigenvalue weighted by atomic mass is 32.3. The Morgan fingerprint density at radius 1 is 1.05 bits per heavy atom. The molecule has 39 heavy (non-hydrogen) atoms. The molecule has 2 aliphatic heterocycles. The highest BCUT2D eigenvalue weighted by molar-refractivity contribution is 8.14. The number of cyclic esters (lactones) is 1. The molecule has 0 aromatic heterocycles. The molecule has 1 aliphatic carbocycles. The number of hydrogen-bond donors (Lipinski definition) is 2. The summed E-state index contributed by atoms with van der Waals surface area (Å²) in [6, 6.07) is -0.837. The van der Waals surface area contributed by atoms with E-state index in [1.165, 1.54) is 4.90 Å². The third kappa shape index (κ3) is 4.98. The standard InChI is InChI=1S/C17H23F8N3O8S3/c1-39(34,35,17(23,24)25)26-10-37(30,31)14(18,11-2-3-11)15(19,20)16(21,22)38(32,33)28-7-5-27(6-8-28)12-4-9-36-13(12)29/h2,12H,3-10H2,1H3,(H2,26,34,35). The fraction of sp³-hybridized carbons (Fsp3) is 0.824. The summed E-state index contributed by atoms with van der Waals surface area (Å²) in [6.45, 7) is -2.55. The molecule has 0 amide bonds. The maximum Gasteiger partial charge on any atom is 0.504 e. The molecule has 2 saturated heterocycles. The van der Waals surface area contributed by atoms with Gasteiger partial charge in [-0.15, -0.1) is 0 Å². The van der Waals surface area contributed by atoms with Crippen LogP contribution < -0.4 is 4.72 Å². The van der Waals surface area contributed by atoms with Gasteiger partial charge in [-0.1, -0.05) is 15.6 Å². The number of halogens is 8. The molecule has 0 spiro atoms. The number of rotatable bonds is 10. The second kappa shape index (κ2) is 9.28. The van der Waals surface area contributed by atoms with Crippen molar-refractivity contribution in [2.24, 2.45) is 0 Å². The number of nitrogens with zero attached hydrogens (tertiary/aromatic N) is 2. The van der Waals surface area contributed by atoms with Crippen LogP contribution >= 0.6 is 0 Å². The van der Waals surface area contributed by atoms with Gasteiger partial charge >= 0.3 is 27.7 Å². The molecule has 0 bridgehead atoms. The summed E-state index contributed by atoms with van der Waals surface area (Å²) in [4.78, 5) is 13.0. The molecule has 2 unspecified atom stereocenters. The predicted octanol–water partition coefficient (Wildman–Crippen LogP) is 0.793. The summed E-state index contributed by atoms with van der Waals surface area (Å²) < 4.78 is 192. The van der Waals surface area contributed by atoms with Gasteiger partial charge in [-0.3, -0.25) is 14.2 Å². The maximum atomic E-state index is 15.7. The van der Waals surface area contributed by atoms with Crippen LogP contribution in [0, 0.1) is 0 Å². The largest absolute Gasteiger partial charge is 0.504 e. The summed E-state index contributed by atoms with van der Waals surface area (Å²) in [5.74, 6) is -10.00. The molecule has 2 fully saturated rings. The zero-order chi connectivity index (χ0) is 30.1. The van der Waals surface area contributed by atoms with E-state index in [9.17, 15) is 43.6 Å². The van der Waals surface area contributed by atoms with Crippen molar-refractivity contribution in [2.45, 2.75) is 40.6 Å². The summed E-state index contributed by atoms with van der Waals surface area (Å²) in [5, 5.41) is -12.1. The van der Waals surface area contributed by atoms with Crippen molar-refractivity contribution in [3.8, 4) is 0 Å². The van der Waals surface area contributed by atoms with Crippen molar-refractivity contribution >= 4 is 35.4 Å². The van der Waals surface area contributed by atoms with Crippen LogP contribution in [0.5, 0.6) is 0 Å². The Labute approximate surface area is 216 Å². The molecular formula is C17H23F8N3O8S3. The van der Waals surface area contributed by atoms with E-state index in [0.717, 1.165) is 0 Å². The molecule has 0 saturated carbocycles. The SMILES string of the molecule is CS(=O)(O)(NCS(=O)(=O)C(F)(C1=CC1)C(F)(F)C(F)(F)S(=O)(=O)N1CCN(C2CCOC2=O)CC1)C(F)(F)F. The van der Waals surface area contributed by atoms with Crippen LogP contribution in [0.2, 0.25) is 0 Å². The average molecular weight is 646 g/mol. The first-order valence-electron chi connectivity index (χ1n) is 10.8. The van der Waals surface area contributed by atoms with Gasteiger partial charge in [-0.05, 0) is 12.0 Å². The van der Waals surface area contributed by atoms with E-state index in [4.69, 9.17) is 4.74 Å². The van der Waals surface area contributed by atoms with Crippen LogP contribution in [0.1, 0.15) is 12.8 Å². The van der Waals surface area contributed by atoms with Crippen molar-refractivity contribution in [1.29, 1.82) is 0 Å². The summed E-state index contributed by atoms with van der Waals surface area (Å²) >= 11 is 0. The van der Waals surface area contributed by atoms with Crippen LogP contribution in [-0.2, 0) is 38.9 Å². The highest BCUT2D eigenvalue weighted by Gasteiger charge is 2.82. The predicted molar refractivity (Wildman–Crippen MR) is 118 cm³/mol. The lowest BCUT2D eigenvalue weighted by molar-refractivity contribution is -0.199. The van der Waals surface area contributed by atoms with Gasteiger partial charge in [-0.25, -0.2) is 25.9 Å². The van der Waals surface area contributed by atoms with Crippen LogP contribution in [0.3, 0.4) is 0 Å². The Bertz CT molecular complexity index is 1340. The number of carbonyl (C=O) groups excluding carboxylic acids is 1. The number of allylic oxidation sites excluding steroid dienone is 1. The number of piperazine rings is 1. The number of alkyl halides is 8. The van der Waals surface area contributed by atoms with Crippen LogP contribution in [0.15, 0.2) is 11.6 Å². The number of carbonyl (C=O) groups is 1. The van der Waals surface area contributed by atoms with Crippen molar-refractivity contribution in [3.05, 3.63) is 11.6 Å². The van der Waals surface area contributed by atoms with Gasteiger partial charge in [0.15, 0.2) is 0 Å². The first-order valence-corrected chi connectivity index (χ1v) is 16.2. The Balaban J connectivity index is 1.91. The molecule has 22 heteroatoms. The molecule has 11 nitrogen and oxygen atoms in total. The minimum Gasteiger partial charge on any atom is -0.464 e. The van der Waals surface area contributed by atoms with E-state index in [1.54, 1.807) is 0 Å². The number of sulfonamides is 1. The van der Waals surface area contributed by atoms with E-state index in [-0.39, 0.29) is 17.3 Å². The van der Waals surface area contributed by atoms with Gasteiger partial charge in [0.1, 0.15) is 11.9 Å². The van der Waals surface area contributed by atoms with Crippen molar-refractivity contribution < 1.29 is 70.3 Å². The second-order valence-corrected chi connectivity index (χ2v) is 16.5. The Morgan fingerprint density at radius 2 is 1.56 bits per heavy atom. The third-order valence-corrected chi connectivity index (χ3v) is 12.4. The number of sulfone groups is 1. The molecule has 3 rings (SSSR count). The summed E-state index contributed by atoms with van der Waals surface area (Å²) in [6.07, 6.45) is -0.901. The highest BCUT2D eigenvalue weighted by Crippen LogP contribution is 2.57. The van der Waals surface area contributed by atoms with Gasteiger partial charge in [0.25, 0.3) is 10.0 Å². The summed E-state index contributed by atoms with van der Waals surface area (Å²) in [7, 11) is -20.3. The zero-order valence-corrected chi connectivity index (χ0v) is 22.2. The normalized spacial score (nSPS) is 25.4. The zero-order valence-electron chi connectivity index (χ0n) is 19.8. The van der Waals surface area contributed by atoms with Crippen LogP contribution in [0.25, 0.3) is 0 Å². The van der Waals surface area contributed by atoms with E-state index in [2.05, 4.69) is 0 Å². The second-order valence-electron chi connectivity index (χ2n) is 9.16. The Morgan fingerprint density at radius 3 is 1.97 bits per heavy atom. The molecule has 0 radical (unpaired) electrons. The molecule has 2 atom stereocenters. The van der Waals surface area contributed by atoms with Crippen molar-refractivity contribution in [3.63, 3.8) is 0 Å². The topological polar surface area (TPSA) is 150 Å². The maximum absolute atomic E-state index is 15.7. The van der Waals surface area contributed by atoms with Gasteiger partial charge < -0.3 is 4.74 Å². The van der Waals surface area contributed by atoms with Gasteiger partial charge in [0, 0.05) is 38.9 Å². The van der Waals surface area contributed by atoms with Crippen LogP contribution in [0.4, 0.5) is 35.1 Å². The fourth-order valence-corrected chi connectivity index (χ4v) is 8.57. The molecular weight excluding hydrogens is 622 g/mol. The molecule has 2 heterocycles. The minimum absolute atomic E-state index is 0.0388. The quantitative estimate of drug-likeness (QED) is 0.200. The first kappa shape index (κ1) is 32.1. The lowest BCUT2D eigenvalue weighted by Crippen LogP contribution is -2.67. The van der Waals surface area contributed by atoms with Gasteiger partial charge in [0.05, 0.1) is 6.61 Å². The van der Waals surface area contributed by atoms with Gasteiger partial charge in [0.2, 0.25) is 9.84 Å². The Kier molecular flexibility index (Phi) is 7.62. The van der Waals surface area contributed by atoms with Gasteiger partial charge in [-0.2, -0.15) is 39.2 Å². The van der Waals surface area contributed by atoms with Crippen molar-refractivity contribution in [1.82, 2.24) is 13.9 Å². The smallest absolute Gasteiger partial charge is 0.464 e. The number of esters is 1. The molecule has 0 aromatic rings. The average Bonchev–Trinajstić information content (AvgIpc) is 3.56. The van der Waals surface area contributed by atoms with E-state index < -0.39 is 113 Å². The third-order valence-electron chi connectivity index (χ3n) is 6.44. The molecule has 2 N–H and O–H groups in total. The first-order chi connectivity index (χ1) is 17.3. The van der Waals surface area contributed by atoms with Crippen molar-refractivity contribution in [2.75, 3.05) is 44.9 Å². The molecule has 0 aromatic carbocycles. The lowest BCUT2D eigenvalue weighted by atomic mass is 10.1. The van der Waals surface area contributed by atoms with E-state index in [1.807, 2.05) is 0 Å². The fourth-order valence-electron chi connectivity index (χ4n) is 3.89. The monoisotopic (exact) mass is 645 g/mol. The summed E-state index contributed by atoms with van der Waals surface area (Å²) in [5.41, 5.74) is -7.68. The number of ether oxygens (including phenoxy) is 1. The van der Waals surface area contributed by atoms with E-state index >= 15 is 22.0 Å². The molecule has 228 valence electrons. The van der Waals surface area contributed by atoms with E-state index in [0.29, 0.717) is 10.8 Å². The Hall–Kier alpha value is -1.46. The minimum atomic E-state index is -7.16. The lowest BCUT2D eigenvalue weighted by Gasteiger charge is -2.42. The molecule has 3 aliphatic rings. The van der Waals surface area contributed by atoms with Crippen LogP contribution in [-0.4, -0.2) is 113 Å². The number of nitrogens with one attached hydrogen (secondary N) is 1.